The van der Waals surface area contributed by atoms with Gasteiger partial charge < -0.3 is 0 Å². The molecular formula is C14H17. The summed E-state index contributed by atoms with van der Waals surface area (Å²) in [6, 6.07) is 6.25. The largest absolute Gasteiger partial charge is 0.102 e. The molecule has 0 bridgehead atoms. The topological polar surface area (TPSA) is 0 Å². The first-order valence-corrected chi connectivity index (χ1v) is 4.94. The minimum absolute atomic E-state index is 0.171. The van der Waals surface area contributed by atoms with Crippen LogP contribution in [0.1, 0.15) is 29.5 Å². The molecule has 1 radical (unpaired) electrons. The summed E-state index contributed by atoms with van der Waals surface area (Å²) in [4.78, 5) is 0. The standard InChI is InChI=1S/C14H17/c1-5-11(4)14-10-8-9-12(6-2)13(14)7-3/h5-6,8-11H,1-2,4,7H2,3H3. The summed E-state index contributed by atoms with van der Waals surface area (Å²) in [5.74, 6) is 0.171. The molecule has 14 heavy (non-hydrogen) atoms. The third kappa shape index (κ3) is 1.95. The van der Waals surface area contributed by atoms with Crippen molar-refractivity contribution in [2.45, 2.75) is 19.3 Å². The van der Waals surface area contributed by atoms with Crippen molar-refractivity contribution in [3.63, 3.8) is 0 Å². The van der Waals surface area contributed by atoms with E-state index in [9.17, 15) is 0 Å². The van der Waals surface area contributed by atoms with Crippen LogP contribution in [0.2, 0.25) is 0 Å². The fourth-order valence-electron chi connectivity index (χ4n) is 1.70. The van der Waals surface area contributed by atoms with Gasteiger partial charge >= 0.3 is 0 Å². The van der Waals surface area contributed by atoms with Gasteiger partial charge in [0.05, 0.1) is 0 Å². The van der Waals surface area contributed by atoms with Gasteiger partial charge in [0.1, 0.15) is 0 Å². The molecular weight excluding hydrogens is 168 g/mol. The second-order valence-corrected chi connectivity index (χ2v) is 3.31. The van der Waals surface area contributed by atoms with E-state index in [4.69, 9.17) is 0 Å². The highest BCUT2D eigenvalue weighted by atomic mass is 14.1. The molecule has 0 heteroatoms. The van der Waals surface area contributed by atoms with Crippen LogP contribution in [-0.2, 0) is 6.42 Å². The molecule has 1 atom stereocenters. The Kier molecular flexibility index (Phi) is 3.70. The molecule has 73 valence electrons. The number of rotatable bonds is 4. The highest BCUT2D eigenvalue weighted by molar-refractivity contribution is 5.55. The first kappa shape index (κ1) is 10.8. The summed E-state index contributed by atoms with van der Waals surface area (Å²) in [5, 5.41) is 0. The molecule has 0 N–H and O–H groups in total. The second kappa shape index (κ2) is 4.80. The first-order valence-electron chi connectivity index (χ1n) is 4.94. The maximum Gasteiger partial charge on any atom is 0.00185 e. The number of benzene rings is 1. The SMILES string of the molecule is [CH2]C(C=C)c1cccc(C=C)c1CC. The van der Waals surface area contributed by atoms with Crippen LogP contribution in [-0.4, -0.2) is 0 Å². The van der Waals surface area contributed by atoms with E-state index in [1.807, 2.05) is 18.2 Å². The van der Waals surface area contributed by atoms with Crippen molar-refractivity contribution < 1.29 is 0 Å². The Labute approximate surface area is 87.0 Å². The van der Waals surface area contributed by atoms with Gasteiger partial charge in [-0.15, -0.1) is 6.58 Å². The Morgan fingerprint density at radius 1 is 1.36 bits per heavy atom. The van der Waals surface area contributed by atoms with E-state index >= 15 is 0 Å². The molecule has 0 fully saturated rings. The number of hydrogen-bond donors (Lipinski definition) is 0. The molecule has 0 aliphatic rings. The van der Waals surface area contributed by atoms with Gasteiger partial charge in [0.25, 0.3) is 0 Å². The highest BCUT2D eigenvalue weighted by Crippen LogP contribution is 2.24. The first-order chi connectivity index (χ1) is 6.74. The maximum atomic E-state index is 4.06. The van der Waals surface area contributed by atoms with E-state index in [2.05, 4.69) is 39.1 Å². The van der Waals surface area contributed by atoms with Crippen LogP contribution >= 0.6 is 0 Å². The smallest absolute Gasteiger partial charge is 0.00185 e. The van der Waals surface area contributed by atoms with Gasteiger partial charge in [-0.25, -0.2) is 0 Å². The summed E-state index contributed by atoms with van der Waals surface area (Å²) in [6.45, 7) is 13.8. The fourth-order valence-corrected chi connectivity index (χ4v) is 1.70. The van der Waals surface area contributed by atoms with Crippen LogP contribution in [0.4, 0.5) is 0 Å². The predicted molar refractivity (Wildman–Crippen MR) is 64.2 cm³/mol. The Balaban J connectivity index is 3.27. The molecule has 1 aromatic carbocycles. The van der Waals surface area contributed by atoms with Crippen molar-refractivity contribution in [2.24, 2.45) is 0 Å². The second-order valence-electron chi connectivity index (χ2n) is 3.31. The van der Waals surface area contributed by atoms with Crippen LogP contribution in [0.5, 0.6) is 0 Å². The van der Waals surface area contributed by atoms with Gasteiger partial charge in [-0.2, -0.15) is 0 Å². The maximum absolute atomic E-state index is 4.06. The lowest BCUT2D eigenvalue weighted by Gasteiger charge is -2.14. The van der Waals surface area contributed by atoms with E-state index in [1.165, 1.54) is 16.7 Å². The fraction of sp³-hybridized carbons (Fsp3) is 0.214. The van der Waals surface area contributed by atoms with Crippen molar-refractivity contribution in [3.05, 3.63) is 61.0 Å². The number of allylic oxidation sites excluding steroid dienone is 1. The molecule has 0 aliphatic heterocycles. The van der Waals surface area contributed by atoms with Crippen LogP contribution in [0.15, 0.2) is 37.4 Å². The van der Waals surface area contributed by atoms with Gasteiger partial charge in [-0.05, 0) is 30.0 Å². The summed E-state index contributed by atoms with van der Waals surface area (Å²) in [5.41, 5.74) is 3.81. The zero-order chi connectivity index (χ0) is 10.6. The van der Waals surface area contributed by atoms with Crippen LogP contribution < -0.4 is 0 Å². The van der Waals surface area contributed by atoms with Gasteiger partial charge in [0.2, 0.25) is 0 Å². The van der Waals surface area contributed by atoms with Crippen LogP contribution in [0.3, 0.4) is 0 Å². The molecule has 0 spiro atoms. The number of hydrogen-bond acceptors (Lipinski definition) is 0. The normalized spacial score (nSPS) is 12.1. The van der Waals surface area contributed by atoms with Crippen molar-refractivity contribution in [3.8, 4) is 0 Å². The molecule has 0 saturated carbocycles. The molecule has 0 nitrogen and oxygen atoms in total. The molecule has 0 aliphatic carbocycles. The Bertz CT molecular complexity index is 334. The summed E-state index contributed by atoms with van der Waals surface area (Å²) in [6.07, 6.45) is 4.79. The van der Waals surface area contributed by atoms with Crippen molar-refractivity contribution in [2.75, 3.05) is 0 Å². The quantitative estimate of drug-likeness (QED) is 0.622. The third-order valence-corrected chi connectivity index (χ3v) is 2.51. The summed E-state index contributed by atoms with van der Waals surface area (Å²) in [7, 11) is 0. The van der Waals surface area contributed by atoms with E-state index < -0.39 is 0 Å². The predicted octanol–water partition coefficient (Wildman–Crippen LogP) is 4.00. The molecule has 0 aromatic heterocycles. The minimum Gasteiger partial charge on any atom is -0.102 e. The average Bonchev–Trinajstić information content (AvgIpc) is 2.26. The van der Waals surface area contributed by atoms with E-state index in [1.54, 1.807) is 0 Å². The van der Waals surface area contributed by atoms with E-state index in [-0.39, 0.29) is 5.92 Å². The minimum atomic E-state index is 0.171. The molecule has 0 saturated heterocycles. The summed E-state index contributed by atoms with van der Waals surface area (Å²) < 4.78 is 0. The lowest BCUT2D eigenvalue weighted by Crippen LogP contribution is -1.98. The Morgan fingerprint density at radius 2 is 2.07 bits per heavy atom. The monoisotopic (exact) mass is 185 g/mol. The van der Waals surface area contributed by atoms with E-state index in [0.717, 1.165) is 6.42 Å². The molecule has 1 unspecified atom stereocenters. The van der Waals surface area contributed by atoms with Crippen molar-refractivity contribution in [1.82, 2.24) is 0 Å². The lowest BCUT2D eigenvalue weighted by molar-refractivity contribution is 1.00. The molecule has 1 aromatic rings. The molecule has 1 rings (SSSR count). The third-order valence-electron chi connectivity index (χ3n) is 2.51. The zero-order valence-corrected chi connectivity index (χ0v) is 8.79. The van der Waals surface area contributed by atoms with Crippen LogP contribution in [0.25, 0.3) is 6.08 Å². The van der Waals surface area contributed by atoms with Gasteiger partial charge in [0, 0.05) is 5.92 Å². The van der Waals surface area contributed by atoms with Gasteiger partial charge in [0.15, 0.2) is 0 Å². The van der Waals surface area contributed by atoms with E-state index in [0.29, 0.717) is 0 Å². The van der Waals surface area contributed by atoms with Crippen molar-refractivity contribution >= 4 is 6.08 Å². The lowest BCUT2D eigenvalue weighted by atomic mass is 9.91. The highest BCUT2D eigenvalue weighted by Gasteiger charge is 2.08. The van der Waals surface area contributed by atoms with Gasteiger partial charge in [-0.1, -0.05) is 43.9 Å². The average molecular weight is 185 g/mol. The Hall–Kier alpha value is -1.30. The summed E-state index contributed by atoms with van der Waals surface area (Å²) >= 11 is 0. The Morgan fingerprint density at radius 3 is 2.57 bits per heavy atom. The molecule has 0 heterocycles. The zero-order valence-electron chi connectivity index (χ0n) is 8.79. The van der Waals surface area contributed by atoms with Gasteiger partial charge in [-0.3, -0.25) is 0 Å². The van der Waals surface area contributed by atoms with Crippen LogP contribution in [0, 0.1) is 6.92 Å². The molecule has 0 amide bonds. The van der Waals surface area contributed by atoms with Crippen molar-refractivity contribution in [1.29, 1.82) is 0 Å².